The Kier molecular flexibility index (Phi) is 4.77. The van der Waals surface area contributed by atoms with E-state index in [1.807, 2.05) is 31.2 Å². The normalized spacial score (nSPS) is 12.5. The monoisotopic (exact) mass is 319 g/mol. The molecular weight excluding hydrogens is 297 g/mol. The third-order valence-corrected chi connectivity index (χ3v) is 4.88. The van der Waals surface area contributed by atoms with Gasteiger partial charge in [-0.3, -0.25) is 4.98 Å². The van der Waals surface area contributed by atoms with Crippen LogP contribution in [0.15, 0.2) is 29.8 Å². The van der Waals surface area contributed by atoms with Gasteiger partial charge in [-0.05, 0) is 40.2 Å². The fourth-order valence-corrected chi connectivity index (χ4v) is 2.72. The molecule has 0 amide bonds. The van der Waals surface area contributed by atoms with Crippen LogP contribution in [0, 0.1) is 6.92 Å². The van der Waals surface area contributed by atoms with Gasteiger partial charge in [0.25, 0.3) is 0 Å². The molecule has 0 unspecified atom stereocenters. The van der Waals surface area contributed by atoms with Crippen LogP contribution in [0.4, 0.5) is 0 Å². The van der Waals surface area contributed by atoms with Crippen LogP contribution in [0.2, 0.25) is 0 Å². The summed E-state index contributed by atoms with van der Waals surface area (Å²) in [6, 6.07) is 8.03. The smallest absolute Gasteiger partial charge is 0.422 e. The number of aliphatic hydroxyl groups is 1. The average Bonchev–Trinajstić information content (AvgIpc) is 2.86. The SMILES string of the molecule is Cc1cccc(-c2scnc2B(O)OC(C)(C)C(C)(C)O)c1. The molecule has 0 fully saturated rings. The van der Waals surface area contributed by atoms with Gasteiger partial charge in [0.1, 0.15) is 0 Å². The molecule has 2 rings (SSSR count). The van der Waals surface area contributed by atoms with E-state index >= 15 is 0 Å². The maximum atomic E-state index is 10.4. The van der Waals surface area contributed by atoms with Crippen LogP contribution in [0.3, 0.4) is 0 Å². The molecule has 0 saturated carbocycles. The van der Waals surface area contributed by atoms with Crippen molar-refractivity contribution in [1.29, 1.82) is 0 Å². The zero-order valence-electron chi connectivity index (χ0n) is 13.6. The summed E-state index contributed by atoms with van der Waals surface area (Å²) in [5, 5.41) is 20.6. The molecule has 2 aromatic rings. The summed E-state index contributed by atoms with van der Waals surface area (Å²) in [6.45, 7) is 8.82. The zero-order valence-corrected chi connectivity index (χ0v) is 14.4. The molecular formula is C16H22BNO3S. The number of hydrogen-bond donors (Lipinski definition) is 2. The number of hydrogen-bond acceptors (Lipinski definition) is 5. The molecule has 0 aliphatic carbocycles. The van der Waals surface area contributed by atoms with Gasteiger partial charge in [-0.1, -0.05) is 29.8 Å². The van der Waals surface area contributed by atoms with Crippen LogP contribution in [0.25, 0.3) is 10.4 Å². The molecule has 0 bridgehead atoms. The Balaban J connectivity index is 2.30. The highest BCUT2D eigenvalue weighted by Crippen LogP contribution is 2.27. The summed E-state index contributed by atoms with van der Waals surface area (Å²) >= 11 is 1.46. The Hall–Kier alpha value is -1.21. The first-order valence-corrected chi connectivity index (χ1v) is 8.08. The summed E-state index contributed by atoms with van der Waals surface area (Å²) in [7, 11) is -1.19. The van der Waals surface area contributed by atoms with Crippen LogP contribution < -0.4 is 5.59 Å². The fourth-order valence-electron chi connectivity index (χ4n) is 1.91. The average molecular weight is 319 g/mol. The predicted octanol–water partition coefficient (Wildman–Crippen LogP) is 2.37. The molecule has 0 spiro atoms. The third kappa shape index (κ3) is 3.58. The second kappa shape index (κ2) is 6.12. The van der Waals surface area contributed by atoms with Gasteiger partial charge in [0.05, 0.1) is 27.2 Å². The maximum Gasteiger partial charge on any atom is 0.512 e. The van der Waals surface area contributed by atoms with E-state index in [9.17, 15) is 10.1 Å². The highest BCUT2D eigenvalue weighted by Gasteiger charge is 2.40. The van der Waals surface area contributed by atoms with Gasteiger partial charge in [-0.15, -0.1) is 11.3 Å². The van der Waals surface area contributed by atoms with E-state index in [0.29, 0.717) is 5.59 Å². The van der Waals surface area contributed by atoms with E-state index in [0.717, 1.165) is 16.0 Å². The number of aromatic nitrogens is 1. The van der Waals surface area contributed by atoms with Crippen molar-refractivity contribution in [2.24, 2.45) is 0 Å². The van der Waals surface area contributed by atoms with Gasteiger partial charge in [0.2, 0.25) is 0 Å². The van der Waals surface area contributed by atoms with Crippen LogP contribution in [-0.4, -0.2) is 33.4 Å². The minimum atomic E-state index is -1.19. The molecule has 0 aliphatic heterocycles. The third-order valence-electron chi connectivity index (χ3n) is 3.99. The second-order valence-corrected chi connectivity index (χ2v) is 7.33. The van der Waals surface area contributed by atoms with Gasteiger partial charge >= 0.3 is 7.12 Å². The van der Waals surface area contributed by atoms with Gasteiger partial charge in [0.15, 0.2) is 0 Å². The summed E-state index contributed by atoms with van der Waals surface area (Å²) in [4.78, 5) is 5.13. The quantitative estimate of drug-likeness (QED) is 0.831. The number of thiazole rings is 1. The lowest BCUT2D eigenvalue weighted by molar-refractivity contribution is -0.0983. The Labute approximate surface area is 135 Å². The van der Waals surface area contributed by atoms with E-state index in [1.54, 1.807) is 33.2 Å². The molecule has 0 saturated heterocycles. The molecule has 0 radical (unpaired) electrons. The molecule has 4 nitrogen and oxygen atoms in total. The lowest BCUT2D eigenvalue weighted by Crippen LogP contribution is -2.53. The predicted molar refractivity (Wildman–Crippen MR) is 91.4 cm³/mol. The highest BCUT2D eigenvalue weighted by molar-refractivity contribution is 7.14. The molecule has 0 atom stereocenters. The first-order chi connectivity index (χ1) is 10.1. The van der Waals surface area contributed by atoms with Crippen LogP contribution in [0.1, 0.15) is 33.3 Å². The van der Waals surface area contributed by atoms with Crippen molar-refractivity contribution in [2.75, 3.05) is 0 Å². The number of nitrogens with zero attached hydrogens (tertiary/aromatic N) is 1. The topological polar surface area (TPSA) is 62.6 Å². The van der Waals surface area contributed by atoms with Gasteiger partial charge < -0.3 is 14.8 Å². The van der Waals surface area contributed by atoms with Gasteiger partial charge in [-0.2, -0.15) is 0 Å². The van der Waals surface area contributed by atoms with Crippen molar-refractivity contribution in [3.63, 3.8) is 0 Å². The summed E-state index contributed by atoms with van der Waals surface area (Å²) < 4.78 is 5.69. The summed E-state index contributed by atoms with van der Waals surface area (Å²) in [5.41, 5.74) is 2.31. The number of benzene rings is 1. The first kappa shape index (κ1) is 17.2. The highest BCUT2D eigenvalue weighted by atomic mass is 32.1. The number of rotatable bonds is 5. The van der Waals surface area contributed by atoms with Crippen LogP contribution in [-0.2, 0) is 4.65 Å². The molecule has 2 N–H and O–H groups in total. The van der Waals surface area contributed by atoms with Crippen molar-refractivity contribution >= 4 is 24.0 Å². The molecule has 1 aromatic heterocycles. The lowest BCUT2D eigenvalue weighted by Gasteiger charge is -2.38. The largest absolute Gasteiger partial charge is 0.512 e. The Morgan fingerprint density at radius 2 is 1.91 bits per heavy atom. The molecule has 0 aliphatic rings. The van der Waals surface area contributed by atoms with Crippen molar-refractivity contribution in [3.8, 4) is 10.4 Å². The molecule has 6 heteroatoms. The zero-order chi connectivity index (χ0) is 16.5. The van der Waals surface area contributed by atoms with Crippen LogP contribution in [0.5, 0.6) is 0 Å². The van der Waals surface area contributed by atoms with E-state index in [-0.39, 0.29) is 0 Å². The van der Waals surface area contributed by atoms with Crippen molar-refractivity contribution < 1.29 is 14.8 Å². The fraction of sp³-hybridized carbons (Fsp3) is 0.438. The standard InChI is InChI=1S/C16H22BNO3S/c1-11-7-6-8-12(9-11)13-14(18-10-22-13)17(20)21-16(4,5)15(2,3)19/h6-10,19-20H,1-5H3. The van der Waals surface area contributed by atoms with Crippen molar-refractivity contribution in [3.05, 3.63) is 35.3 Å². The van der Waals surface area contributed by atoms with E-state index in [2.05, 4.69) is 4.98 Å². The van der Waals surface area contributed by atoms with E-state index < -0.39 is 18.3 Å². The van der Waals surface area contributed by atoms with Crippen molar-refractivity contribution in [1.82, 2.24) is 4.98 Å². The van der Waals surface area contributed by atoms with E-state index in [1.165, 1.54) is 11.3 Å². The molecule has 1 aromatic carbocycles. The lowest BCUT2D eigenvalue weighted by atomic mass is 9.79. The van der Waals surface area contributed by atoms with Crippen molar-refractivity contribution in [2.45, 2.75) is 45.8 Å². The Morgan fingerprint density at radius 1 is 1.23 bits per heavy atom. The summed E-state index contributed by atoms with van der Waals surface area (Å²) in [6.07, 6.45) is 0. The maximum absolute atomic E-state index is 10.4. The minimum Gasteiger partial charge on any atom is -0.422 e. The second-order valence-electron chi connectivity index (χ2n) is 6.48. The first-order valence-electron chi connectivity index (χ1n) is 7.20. The van der Waals surface area contributed by atoms with Gasteiger partial charge in [-0.25, -0.2) is 0 Å². The Morgan fingerprint density at radius 3 is 2.50 bits per heavy atom. The van der Waals surface area contributed by atoms with Gasteiger partial charge in [0, 0.05) is 0 Å². The Bertz CT molecular complexity index is 649. The molecule has 118 valence electrons. The number of aryl methyl sites for hydroxylation is 1. The molecule has 1 heterocycles. The summed E-state index contributed by atoms with van der Waals surface area (Å²) in [5.74, 6) is 0. The molecule has 22 heavy (non-hydrogen) atoms. The van der Waals surface area contributed by atoms with E-state index in [4.69, 9.17) is 4.65 Å². The van der Waals surface area contributed by atoms with Crippen LogP contribution >= 0.6 is 11.3 Å². The minimum absolute atomic E-state index is 0.480.